The van der Waals surface area contributed by atoms with E-state index in [1.165, 1.54) is 18.4 Å². The molecule has 3 aromatic rings. The lowest BCUT2D eigenvalue weighted by molar-refractivity contribution is 0.215. The van der Waals surface area contributed by atoms with Crippen LogP contribution >= 0.6 is 24.0 Å². The normalized spacial score (nSPS) is 15.5. The third-order valence-electron chi connectivity index (χ3n) is 5.47. The van der Waals surface area contributed by atoms with E-state index in [0.29, 0.717) is 6.54 Å². The molecule has 0 aliphatic carbocycles. The fourth-order valence-corrected chi connectivity index (χ4v) is 3.90. The van der Waals surface area contributed by atoms with Crippen molar-refractivity contribution in [1.82, 2.24) is 25.3 Å². The molecular weight excluding hydrogens is 503 g/mol. The summed E-state index contributed by atoms with van der Waals surface area (Å²) in [4.78, 5) is 6.85. The number of halogens is 1. The van der Waals surface area contributed by atoms with Gasteiger partial charge in [-0.2, -0.15) is 5.10 Å². The van der Waals surface area contributed by atoms with Gasteiger partial charge < -0.3 is 15.1 Å². The summed E-state index contributed by atoms with van der Waals surface area (Å²) in [6, 6.07) is 14.6. The van der Waals surface area contributed by atoms with Crippen molar-refractivity contribution in [3.05, 3.63) is 78.0 Å². The number of nitrogens with zero attached hydrogens (tertiary/aromatic N) is 4. The maximum Gasteiger partial charge on any atom is 0.191 e. The summed E-state index contributed by atoms with van der Waals surface area (Å²) in [5.41, 5.74) is 2.36. The highest BCUT2D eigenvalue weighted by Crippen LogP contribution is 2.24. The van der Waals surface area contributed by atoms with Gasteiger partial charge in [0.1, 0.15) is 5.76 Å². The van der Waals surface area contributed by atoms with Gasteiger partial charge in [-0.3, -0.25) is 14.6 Å². The first-order chi connectivity index (χ1) is 14.8. The fraction of sp³-hybridized carbons (Fsp3) is 0.391. The number of aliphatic imine (C=N–C) groups is 1. The van der Waals surface area contributed by atoms with Gasteiger partial charge in [0, 0.05) is 31.9 Å². The van der Waals surface area contributed by atoms with Crippen LogP contribution in [0.4, 0.5) is 0 Å². The van der Waals surface area contributed by atoms with Crippen LogP contribution in [-0.2, 0) is 13.1 Å². The number of furan rings is 1. The summed E-state index contributed by atoms with van der Waals surface area (Å²) < 4.78 is 7.66. The molecule has 1 unspecified atom stereocenters. The summed E-state index contributed by atoms with van der Waals surface area (Å²) in [5, 5.41) is 11.3. The average molecular weight is 534 g/mol. The average Bonchev–Trinajstić information content (AvgIpc) is 3.55. The van der Waals surface area contributed by atoms with E-state index in [-0.39, 0.29) is 30.0 Å². The highest BCUT2D eigenvalue weighted by atomic mass is 127. The fourth-order valence-electron chi connectivity index (χ4n) is 3.90. The summed E-state index contributed by atoms with van der Waals surface area (Å²) in [5.74, 6) is 1.78. The van der Waals surface area contributed by atoms with Gasteiger partial charge in [0.2, 0.25) is 0 Å². The number of nitrogens with one attached hydrogen (secondary N) is 2. The van der Waals surface area contributed by atoms with Crippen molar-refractivity contribution in [2.45, 2.75) is 32.0 Å². The molecule has 0 saturated carbocycles. The smallest absolute Gasteiger partial charge is 0.191 e. The Morgan fingerprint density at radius 1 is 1.10 bits per heavy atom. The molecule has 2 N–H and O–H groups in total. The second-order valence-electron chi connectivity index (χ2n) is 7.61. The van der Waals surface area contributed by atoms with Crippen LogP contribution in [0, 0.1) is 0 Å². The molecule has 1 aromatic carbocycles. The van der Waals surface area contributed by atoms with Crippen molar-refractivity contribution in [3.63, 3.8) is 0 Å². The van der Waals surface area contributed by atoms with E-state index in [1.54, 1.807) is 13.3 Å². The van der Waals surface area contributed by atoms with E-state index in [4.69, 9.17) is 4.42 Å². The lowest BCUT2D eigenvalue weighted by Gasteiger charge is -2.26. The Hall–Kier alpha value is -2.33. The van der Waals surface area contributed by atoms with Gasteiger partial charge in [-0.1, -0.05) is 30.3 Å². The van der Waals surface area contributed by atoms with E-state index in [2.05, 4.69) is 62.2 Å². The van der Waals surface area contributed by atoms with Gasteiger partial charge in [0.25, 0.3) is 0 Å². The van der Waals surface area contributed by atoms with Crippen molar-refractivity contribution >= 4 is 29.9 Å². The molecule has 8 heteroatoms. The third kappa shape index (κ3) is 6.57. The van der Waals surface area contributed by atoms with Crippen LogP contribution in [0.2, 0.25) is 0 Å². The Bertz CT molecular complexity index is 919. The molecule has 2 aromatic heterocycles. The lowest BCUT2D eigenvalue weighted by Crippen LogP contribution is -2.42. The number of likely N-dealkylation sites (tertiary alicyclic amines) is 1. The molecule has 7 nitrogen and oxygen atoms in total. The summed E-state index contributed by atoms with van der Waals surface area (Å²) in [6.07, 6.45) is 8.22. The van der Waals surface area contributed by atoms with E-state index >= 15 is 0 Å². The van der Waals surface area contributed by atoms with Crippen molar-refractivity contribution in [1.29, 1.82) is 0 Å². The van der Waals surface area contributed by atoms with Crippen LogP contribution in [0.15, 0.2) is 70.5 Å². The molecular formula is C23H31IN6O. The zero-order valence-corrected chi connectivity index (χ0v) is 20.2. The standard InChI is InChI=1S/C23H30N6O.HI/c1-24-23(26-16-21(22-10-7-13-30-22)28-11-5-6-12-28)25-14-20-15-27-29(18-20)17-19-8-3-2-4-9-19;/h2-4,7-10,13,15,18,21H,5-6,11-12,14,16-17H2,1H3,(H2,24,25,26);1H. The van der Waals surface area contributed by atoms with Crippen LogP contribution in [0.3, 0.4) is 0 Å². The van der Waals surface area contributed by atoms with E-state index in [0.717, 1.165) is 43.5 Å². The summed E-state index contributed by atoms with van der Waals surface area (Å²) in [7, 11) is 1.80. The molecule has 1 aliphatic rings. The zero-order chi connectivity index (χ0) is 20.6. The summed E-state index contributed by atoms with van der Waals surface area (Å²) >= 11 is 0. The first-order valence-electron chi connectivity index (χ1n) is 10.6. The van der Waals surface area contributed by atoms with Crippen molar-refractivity contribution in [3.8, 4) is 0 Å². The van der Waals surface area contributed by atoms with Crippen LogP contribution in [-0.4, -0.2) is 47.3 Å². The first kappa shape index (κ1) is 23.3. The largest absolute Gasteiger partial charge is 0.468 e. The molecule has 31 heavy (non-hydrogen) atoms. The number of benzene rings is 1. The number of guanidine groups is 1. The molecule has 166 valence electrons. The second-order valence-corrected chi connectivity index (χ2v) is 7.61. The Labute approximate surface area is 200 Å². The van der Waals surface area contributed by atoms with E-state index in [9.17, 15) is 0 Å². The van der Waals surface area contributed by atoms with E-state index < -0.39 is 0 Å². The van der Waals surface area contributed by atoms with Crippen LogP contribution < -0.4 is 10.6 Å². The quantitative estimate of drug-likeness (QED) is 0.263. The van der Waals surface area contributed by atoms with Crippen LogP contribution in [0.25, 0.3) is 0 Å². The van der Waals surface area contributed by atoms with Gasteiger partial charge >= 0.3 is 0 Å². The van der Waals surface area contributed by atoms with Crippen LogP contribution in [0.5, 0.6) is 0 Å². The molecule has 1 aliphatic heterocycles. The lowest BCUT2D eigenvalue weighted by atomic mass is 10.2. The minimum Gasteiger partial charge on any atom is -0.468 e. The molecule has 4 rings (SSSR count). The molecule has 0 spiro atoms. The molecule has 1 fully saturated rings. The number of hydrogen-bond donors (Lipinski definition) is 2. The van der Waals surface area contributed by atoms with Gasteiger partial charge in [-0.05, 0) is 43.6 Å². The zero-order valence-electron chi connectivity index (χ0n) is 17.9. The molecule has 1 atom stereocenters. The predicted molar refractivity (Wildman–Crippen MR) is 134 cm³/mol. The molecule has 1 saturated heterocycles. The van der Waals surface area contributed by atoms with Gasteiger partial charge in [0.15, 0.2) is 5.96 Å². The minimum atomic E-state index is 0. The number of aromatic nitrogens is 2. The predicted octanol–water partition coefficient (Wildman–Crippen LogP) is 3.64. The highest BCUT2D eigenvalue weighted by molar-refractivity contribution is 14.0. The molecule has 0 amide bonds. The van der Waals surface area contributed by atoms with Gasteiger partial charge in [0.05, 0.1) is 25.0 Å². The van der Waals surface area contributed by atoms with Gasteiger partial charge in [-0.25, -0.2) is 0 Å². The third-order valence-corrected chi connectivity index (χ3v) is 5.47. The molecule has 0 bridgehead atoms. The Kier molecular flexibility index (Phi) is 8.96. The number of rotatable bonds is 8. The number of hydrogen-bond acceptors (Lipinski definition) is 4. The minimum absolute atomic E-state index is 0. The highest BCUT2D eigenvalue weighted by Gasteiger charge is 2.25. The maximum atomic E-state index is 5.70. The SMILES string of the molecule is CN=C(NCc1cnn(Cc2ccccc2)c1)NCC(c1ccco1)N1CCCC1.I. The van der Waals surface area contributed by atoms with Crippen molar-refractivity contribution in [2.75, 3.05) is 26.7 Å². The topological polar surface area (TPSA) is 70.6 Å². The van der Waals surface area contributed by atoms with Crippen molar-refractivity contribution in [2.24, 2.45) is 4.99 Å². The van der Waals surface area contributed by atoms with Crippen LogP contribution in [0.1, 0.15) is 35.8 Å². The molecule has 0 radical (unpaired) electrons. The van der Waals surface area contributed by atoms with Gasteiger partial charge in [-0.15, -0.1) is 24.0 Å². The van der Waals surface area contributed by atoms with E-state index in [1.807, 2.05) is 23.0 Å². The van der Waals surface area contributed by atoms with Crippen molar-refractivity contribution < 1.29 is 4.42 Å². The Morgan fingerprint density at radius 2 is 1.90 bits per heavy atom. The summed E-state index contributed by atoms with van der Waals surface area (Å²) in [6.45, 7) is 4.41. The molecule has 3 heterocycles. The first-order valence-corrected chi connectivity index (χ1v) is 10.6. The Balaban J connectivity index is 0.00000272. The second kappa shape index (κ2) is 11.9. The Morgan fingerprint density at radius 3 is 2.61 bits per heavy atom. The monoisotopic (exact) mass is 534 g/mol. The maximum absolute atomic E-state index is 5.70.